The molecule has 1 aliphatic rings. The van der Waals surface area contributed by atoms with E-state index in [1.807, 2.05) is 31.2 Å². The molecule has 0 heterocycles. The van der Waals surface area contributed by atoms with Gasteiger partial charge >= 0.3 is 0 Å². The molecule has 2 rings (SSSR count). The fraction of sp³-hybridized carbons (Fsp3) is 0.562. The Balaban J connectivity index is 1.93. The van der Waals surface area contributed by atoms with Crippen LogP contribution in [0.1, 0.15) is 44.2 Å². The fourth-order valence-corrected chi connectivity index (χ4v) is 2.71. The van der Waals surface area contributed by atoms with Gasteiger partial charge in [-0.1, -0.05) is 12.1 Å². The molecule has 0 spiro atoms. The number of hydrogen-bond acceptors (Lipinski definition) is 3. The van der Waals surface area contributed by atoms with Gasteiger partial charge < -0.3 is 15.8 Å². The molecule has 0 aromatic heterocycles. The lowest BCUT2D eigenvalue weighted by molar-refractivity contribution is -0.126. The van der Waals surface area contributed by atoms with Crippen LogP contribution in [0.25, 0.3) is 0 Å². The van der Waals surface area contributed by atoms with Crippen LogP contribution in [0, 0.1) is 5.92 Å². The van der Waals surface area contributed by atoms with Crippen molar-refractivity contribution in [2.75, 3.05) is 7.11 Å². The minimum Gasteiger partial charge on any atom is -0.497 e. The van der Waals surface area contributed by atoms with E-state index in [1.54, 1.807) is 7.11 Å². The number of carbonyl (C=O) groups excluding carboxylic acids is 1. The summed E-state index contributed by atoms with van der Waals surface area (Å²) < 4.78 is 5.21. The van der Waals surface area contributed by atoms with Gasteiger partial charge in [-0.05, 0) is 50.3 Å². The summed E-state index contributed by atoms with van der Waals surface area (Å²) in [6.07, 6.45) is 3.70. The van der Waals surface area contributed by atoms with E-state index in [1.165, 1.54) is 0 Å². The topological polar surface area (TPSA) is 64.3 Å². The molecule has 0 bridgehead atoms. The number of benzene rings is 1. The summed E-state index contributed by atoms with van der Waals surface area (Å²) in [5.41, 5.74) is 6.94. The first-order chi connectivity index (χ1) is 9.60. The molecule has 3 N–H and O–H groups in total. The van der Waals surface area contributed by atoms with Crippen LogP contribution in [0.3, 0.4) is 0 Å². The van der Waals surface area contributed by atoms with E-state index in [9.17, 15) is 4.79 Å². The van der Waals surface area contributed by atoms with Crippen molar-refractivity contribution in [1.29, 1.82) is 0 Å². The van der Waals surface area contributed by atoms with Crippen LogP contribution in [-0.4, -0.2) is 19.1 Å². The Morgan fingerprint density at radius 3 is 2.70 bits per heavy atom. The number of nitrogens with two attached hydrogens (primary N) is 1. The minimum atomic E-state index is -0.00630. The van der Waals surface area contributed by atoms with Crippen molar-refractivity contribution in [3.05, 3.63) is 29.8 Å². The first-order valence-electron chi connectivity index (χ1n) is 7.30. The van der Waals surface area contributed by atoms with Gasteiger partial charge in [0.15, 0.2) is 0 Å². The van der Waals surface area contributed by atoms with Gasteiger partial charge in [0.05, 0.1) is 13.2 Å². The molecule has 1 fully saturated rings. The van der Waals surface area contributed by atoms with Gasteiger partial charge in [0.25, 0.3) is 0 Å². The highest BCUT2D eigenvalue weighted by molar-refractivity contribution is 5.79. The van der Waals surface area contributed by atoms with Gasteiger partial charge in [0.1, 0.15) is 5.75 Å². The fourth-order valence-electron chi connectivity index (χ4n) is 2.71. The van der Waals surface area contributed by atoms with E-state index in [0.29, 0.717) is 0 Å². The van der Waals surface area contributed by atoms with Gasteiger partial charge in [-0.25, -0.2) is 0 Å². The number of carbonyl (C=O) groups is 1. The quantitative estimate of drug-likeness (QED) is 0.887. The van der Waals surface area contributed by atoms with Crippen molar-refractivity contribution < 1.29 is 9.53 Å². The molecule has 0 aliphatic heterocycles. The van der Waals surface area contributed by atoms with Crippen LogP contribution in [0.5, 0.6) is 5.75 Å². The Hall–Kier alpha value is -1.55. The van der Waals surface area contributed by atoms with Gasteiger partial charge in [0, 0.05) is 12.0 Å². The molecule has 0 radical (unpaired) electrons. The van der Waals surface area contributed by atoms with Crippen molar-refractivity contribution >= 4 is 5.91 Å². The second kappa shape index (κ2) is 6.75. The zero-order valence-electron chi connectivity index (χ0n) is 12.3. The second-order valence-electron chi connectivity index (χ2n) is 5.62. The van der Waals surface area contributed by atoms with Crippen LogP contribution >= 0.6 is 0 Å². The predicted octanol–water partition coefficient (Wildman–Crippen LogP) is 2.39. The Kier molecular flexibility index (Phi) is 5.01. The van der Waals surface area contributed by atoms with Crippen molar-refractivity contribution in [1.82, 2.24) is 5.32 Å². The van der Waals surface area contributed by atoms with Gasteiger partial charge in [0.2, 0.25) is 5.91 Å². The van der Waals surface area contributed by atoms with Crippen molar-refractivity contribution in [3.8, 4) is 5.75 Å². The standard InChI is InChI=1S/C16H24N2O2/c1-11(13-4-3-5-15(10-13)20-2)18-16(19)12-6-8-14(17)9-7-12/h3-5,10-12,14H,6-9,17H2,1-2H3,(H,18,19)/t11-,12?,14?/m0/s1. The Bertz CT molecular complexity index is 454. The van der Waals surface area contributed by atoms with Crippen LogP contribution in [0.2, 0.25) is 0 Å². The first kappa shape index (κ1) is 14.9. The molecule has 4 nitrogen and oxygen atoms in total. The van der Waals surface area contributed by atoms with Crippen LogP contribution in [0.15, 0.2) is 24.3 Å². The van der Waals surface area contributed by atoms with Crippen molar-refractivity contribution in [2.24, 2.45) is 11.7 Å². The summed E-state index contributed by atoms with van der Waals surface area (Å²) in [6.45, 7) is 2.00. The molecule has 1 aromatic rings. The molecular weight excluding hydrogens is 252 g/mol. The maximum atomic E-state index is 12.3. The van der Waals surface area contributed by atoms with E-state index in [-0.39, 0.29) is 23.9 Å². The van der Waals surface area contributed by atoms with E-state index in [2.05, 4.69) is 5.32 Å². The maximum absolute atomic E-state index is 12.3. The Labute approximate surface area is 120 Å². The van der Waals surface area contributed by atoms with E-state index >= 15 is 0 Å². The third kappa shape index (κ3) is 3.73. The number of methoxy groups -OCH3 is 1. The van der Waals surface area contributed by atoms with Gasteiger partial charge in [-0.2, -0.15) is 0 Å². The van der Waals surface area contributed by atoms with Gasteiger partial charge in [-0.15, -0.1) is 0 Å². The number of hydrogen-bond donors (Lipinski definition) is 2. The average molecular weight is 276 g/mol. The molecule has 1 aliphatic carbocycles. The summed E-state index contributed by atoms with van der Waals surface area (Å²) in [6, 6.07) is 8.08. The number of nitrogens with one attached hydrogen (secondary N) is 1. The zero-order valence-corrected chi connectivity index (χ0v) is 12.3. The molecule has 0 saturated heterocycles. The maximum Gasteiger partial charge on any atom is 0.223 e. The lowest BCUT2D eigenvalue weighted by atomic mass is 9.85. The average Bonchev–Trinajstić information content (AvgIpc) is 2.47. The summed E-state index contributed by atoms with van der Waals surface area (Å²) in [5.74, 6) is 1.07. The van der Waals surface area contributed by atoms with E-state index in [0.717, 1.165) is 37.0 Å². The second-order valence-corrected chi connectivity index (χ2v) is 5.62. The third-order valence-corrected chi connectivity index (χ3v) is 4.10. The highest BCUT2D eigenvalue weighted by Gasteiger charge is 2.25. The van der Waals surface area contributed by atoms with Crippen molar-refractivity contribution in [3.63, 3.8) is 0 Å². The third-order valence-electron chi connectivity index (χ3n) is 4.10. The Morgan fingerprint density at radius 2 is 2.05 bits per heavy atom. The minimum absolute atomic E-state index is 0.00630. The summed E-state index contributed by atoms with van der Waals surface area (Å²) in [7, 11) is 1.65. The summed E-state index contributed by atoms with van der Waals surface area (Å²) >= 11 is 0. The highest BCUT2D eigenvalue weighted by atomic mass is 16.5. The molecule has 0 unspecified atom stereocenters. The molecule has 110 valence electrons. The predicted molar refractivity (Wildman–Crippen MR) is 79.5 cm³/mol. The molecule has 1 aromatic carbocycles. The molecule has 20 heavy (non-hydrogen) atoms. The van der Waals surface area contributed by atoms with Crippen LogP contribution < -0.4 is 15.8 Å². The number of amides is 1. The molecule has 1 atom stereocenters. The summed E-state index contributed by atoms with van der Waals surface area (Å²) in [5, 5.41) is 3.10. The molecule has 4 heteroatoms. The lowest BCUT2D eigenvalue weighted by Gasteiger charge is -2.26. The van der Waals surface area contributed by atoms with Crippen molar-refractivity contribution in [2.45, 2.75) is 44.7 Å². The van der Waals surface area contributed by atoms with E-state index < -0.39 is 0 Å². The smallest absolute Gasteiger partial charge is 0.223 e. The first-order valence-corrected chi connectivity index (χ1v) is 7.30. The van der Waals surface area contributed by atoms with Crippen LogP contribution in [-0.2, 0) is 4.79 Å². The molecule has 1 saturated carbocycles. The zero-order chi connectivity index (χ0) is 14.5. The SMILES string of the molecule is COc1cccc([C@H](C)NC(=O)C2CCC(N)CC2)c1. The normalized spacial score (nSPS) is 23.9. The monoisotopic (exact) mass is 276 g/mol. The van der Waals surface area contributed by atoms with Crippen LogP contribution in [0.4, 0.5) is 0 Å². The number of rotatable bonds is 4. The van der Waals surface area contributed by atoms with Gasteiger partial charge in [-0.3, -0.25) is 4.79 Å². The highest BCUT2D eigenvalue weighted by Crippen LogP contribution is 2.25. The summed E-state index contributed by atoms with van der Waals surface area (Å²) in [4.78, 5) is 12.3. The Morgan fingerprint density at radius 1 is 1.35 bits per heavy atom. The van der Waals surface area contributed by atoms with E-state index in [4.69, 9.17) is 10.5 Å². The largest absolute Gasteiger partial charge is 0.497 e. The lowest BCUT2D eigenvalue weighted by Crippen LogP contribution is -2.37. The molecule has 1 amide bonds. The number of ether oxygens (including phenoxy) is 1. The molecular formula is C16H24N2O2.